The van der Waals surface area contributed by atoms with Crippen molar-refractivity contribution < 1.29 is 26.8 Å². The molecule has 4 aliphatic rings. The van der Waals surface area contributed by atoms with Crippen molar-refractivity contribution in [1.82, 2.24) is 15.1 Å². The topological polar surface area (TPSA) is 110 Å². The van der Waals surface area contributed by atoms with Crippen molar-refractivity contribution in [2.75, 3.05) is 17.3 Å². The van der Waals surface area contributed by atoms with Gasteiger partial charge in [-0.05, 0) is 54.2 Å². The van der Waals surface area contributed by atoms with Gasteiger partial charge < -0.3 is 10.6 Å². The van der Waals surface area contributed by atoms with Gasteiger partial charge >= 0.3 is 0 Å². The predicted octanol–water partition coefficient (Wildman–Crippen LogP) is 3.38. The van der Waals surface area contributed by atoms with Crippen molar-refractivity contribution in [3.8, 4) is 0 Å². The normalized spacial score (nSPS) is 24.0. The Bertz CT molecular complexity index is 1420. The number of benzene rings is 1. The van der Waals surface area contributed by atoms with E-state index in [1.807, 2.05) is 12.1 Å². The number of hydrogen-bond donors (Lipinski definition) is 2. The lowest BCUT2D eigenvalue weighted by molar-refractivity contribution is -0.114. The summed E-state index contributed by atoms with van der Waals surface area (Å²) in [5, 5.41) is 10.6. The number of carbonyl (C=O) groups excluding carboxylic acids is 2. The second-order valence-corrected chi connectivity index (χ2v) is 13.9. The number of hydrogen-bond acceptors (Lipinski definition) is 5. The zero-order valence-corrected chi connectivity index (χ0v) is 22.2. The van der Waals surface area contributed by atoms with Crippen LogP contribution < -0.4 is 10.6 Å². The Kier molecular flexibility index (Phi) is 5.93. The second kappa shape index (κ2) is 8.86. The molecule has 2 N–H and O–H groups in total. The number of aryl methyl sites for hydroxylation is 2. The van der Waals surface area contributed by atoms with E-state index in [0.717, 1.165) is 48.6 Å². The number of fused-ring (bicyclic) bond motifs is 3. The lowest BCUT2D eigenvalue weighted by atomic mass is 9.77. The molecule has 1 aliphatic heterocycles. The lowest BCUT2D eigenvalue weighted by Gasteiger charge is -2.36. The highest BCUT2D eigenvalue weighted by molar-refractivity contribution is 7.91. The minimum absolute atomic E-state index is 0.00582. The van der Waals surface area contributed by atoms with Gasteiger partial charge in [-0.25, -0.2) is 21.9 Å². The highest BCUT2D eigenvalue weighted by atomic mass is 32.2. The van der Waals surface area contributed by atoms with E-state index in [0.29, 0.717) is 43.0 Å². The Morgan fingerprint density at radius 1 is 1.24 bits per heavy atom. The fourth-order valence-corrected chi connectivity index (χ4v) is 6.95. The molecule has 2 saturated carbocycles. The molecule has 8 nitrogen and oxygen atoms in total. The number of nitrogens with zero attached hydrogens (tertiary/aromatic N) is 2. The summed E-state index contributed by atoms with van der Waals surface area (Å²) in [6.45, 7) is 0.534. The van der Waals surface area contributed by atoms with Gasteiger partial charge in [0, 0.05) is 32.1 Å². The van der Waals surface area contributed by atoms with Crippen LogP contribution in [-0.4, -0.2) is 47.9 Å². The van der Waals surface area contributed by atoms with Crippen LogP contribution in [0.1, 0.15) is 71.3 Å². The Morgan fingerprint density at radius 2 is 2.00 bits per heavy atom. The SMILES string of the molecule is CS(=O)(=O)CC(=O)Nc1c2c(nn1CCC1CC1)C[C@@]1(CCc3cc(CC4CC(F)(F)C4)ccc31)NC2=O. The third-order valence-corrected chi connectivity index (χ3v) is 9.16. The molecule has 11 heteroatoms. The molecule has 0 radical (unpaired) electrons. The van der Waals surface area contributed by atoms with Gasteiger partial charge in [0.2, 0.25) is 11.8 Å². The molecule has 2 aromatic rings. The molecule has 1 spiro atoms. The number of sulfone groups is 1. The first-order valence-corrected chi connectivity index (χ1v) is 15.4. The quantitative estimate of drug-likeness (QED) is 0.528. The average molecular weight is 547 g/mol. The van der Waals surface area contributed by atoms with E-state index in [1.54, 1.807) is 4.68 Å². The molecule has 0 saturated heterocycles. The zero-order valence-electron chi connectivity index (χ0n) is 21.4. The highest BCUT2D eigenvalue weighted by Gasteiger charge is 2.47. The molecule has 2 fully saturated rings. The number of aromatic nitrogens is 2. The Labute approximate surface area is 220 Å². The predicted molar refractivity (Wildman–Crippen MR) is 137 cm³/mol. The summed E-state index contributed by atoms with van der Waals surface area (Å²) in [4.78, 5) is 26.0. The summed E-state index contributed by atoms with van der Waals surface area (Å²) >= 11 is 0. The van der Waals surface area contributed by atoms with Crippen LogP contribution in [-0.2, 0) is 46.0 Å². The molecule has 204 valence electrons. The van der Waals surface area contributed by atoms with E-state index >= 15 is 0 Å². The van der Waals surface area contributed by atoms with Gasteiger partial charge in [0.1, 0.15) is 17.1 Å². The van der Waals surface area contributed by atoms with Crippen LogP contribution in [0.15, 0.2) is 18.2 Å². The smallest absolute Gasteiger partial charge is 0.257 e. The van der Waals surface area contributed by atoms with Gasteiger partial charge in [-0.15, -0.1) is 0 Å². The van der Waals surface area contributed by atoms with E-state index in [2.05, 4.69) is 16.7 Å². The number of anilines is 1. The molecule has 1 atom stereocenters. The molecule has 2 heterocycles. The maximum atomic E-state index is 13.5. The van der Waals surface area contributed by atoms with Crippen molar-refractivity contribution in [3.63, 3.8) is 0 Å². The van der Waals surface area contributed by atoms with Gasteiger partial charge in [-0.3, -0.25) is 9.59 Å². The number of halogens is 2. The summed E-state index contributed by atoms with van der Waals surface area (Å²) in [6.07, 6.45) is 6.62. The number of rotatable bonds is 8. The van der Waals surface area contributed by atoms with Crippen LogP contribution in [0.25, 0.3) is 0 Å². The summed E-state index contributed by atoms with van der Waals surface area (Å²) in [5.41, 5.74) is 3.45. The van der Waals surface area contributed by atoms with Gasteiger partial charge in [-0.2, -0.15) is 5.10 Å². The summed E-state index contributed by atoms with van der Waals surface area (Å²) < 4.78 is 51.5. The van der Waals surface area contributed by atoms with Crippen LogP contribution in [0.3, 0.4) is 0 Å². The maximum Gasteiger partial charge on any atom is 0.257 e. The molecule has 2 amide bonds. The summed E-state index contributed by atoms with van der Waals surface area (Å²) in [7, 11) is -3.54. The first-order chi connectivity index (χ1) is 17.9. The Hall–Kier alpha value is -2.82. The first kappa shape index (κ1) is 25.5. The van der Waals surface area contributed by atoms with Crippen molar-refractivity contribution in [3.05, 3.63) is 46.1 Å². The maximum absolute atomic E-state index is 13.5. The van der Waals surface area contributed by atoms with Crippen LogP contribution in [0, 0.1) is 11.8 Å². The van der Waals surface area contributed by atoms with Crippen molar-refractivity contribution in [2.45, 2.75) is 75.8 Å². The number of amides is 2. The molecular formula is C27H32F2N4O4S. The Morgan fingerprint density at radius 3 is 2.68 bits per heavy atom. The monoisotopic (exact) mass is 546 g/mol. The first-order valence-electron chi connectivity index (χ1n) is 13.3. The standard InChI is InChI=1S/C27H32F2N4O4S/c1-38(36,37)15-22(34)30-24-23-21(32-33(24)9-7-16-2-3-16)14-26(31-25(23)35)8-6-19-11-17(4-5-20(19)26)10-18-12-27(28,29)13-18/h4-5,11,16,18H,2-3,6-10,12-15H2,1H3,(H,30,34)(H,31,35)/t26-/m1/s1. The van der Waals surface area contributed by atoms with Gasteiger partial charge in [0.05, 0.1) is 11.2 Å². The minimum atomic E-state index is -3.54. The lowest BCUT2D eigenvalue weighted by Crippen LogP contribution is -2.50. The van der Waals surface area contributed by atoms with E-state index in [1.165, 1.54) is 0 Å². The molecule has 3 aliphatic carbocycles. The Balaban J connectivity index is 1.26. The van der Waals surface area contributed by atoms with Crippen LogP contribution in [0.5, 0.6) is 0 Å². The van der Waals surface area contributed by atoms with Crippen molar-refractivity contribution in [1.29, 1.82) is 0 Å². The van der Waals surface area contributed by atoms with Crippen LogP contribution in [0.2, 0.25) is 0 Å². The molecule has 1 aromatic heterocycles. The third kappa shape index (κ3) is 4.97. The molecule has 0 bridgehead atoms. The third-order valence-electron chi connectivity index (χ3n) is 8.38. The van der Waals surface area contributed by atoms with Crippen molar-refractivity contribution >= 4 is 27.5 Å². The number of carbonyl (C=O) groups is 2. The molecular weight excluding hydrogens is 514 g/mol. The van der Waals surface area contributed by atoms with E-state index in [4.69, 9.17) is 5.10 Å². The van der Waals surface area contributed by atoms with E-state index < -0.39 is 33.0 Å². The second-order valence-electron chi connectivity index (χ2n) is 11.8. The molecule has 6 rings (SSSR count). The highest BCUT2D eigenvalue weighted by Crippen LogP contribution is 2.46. The number of alkyl halides is 2. The molecule has 1 aromatic carbocycles. The van der Waals surface area contributed by atoms with E-state index in [9.17, 15) is 26.8 Å². The summed E-state index contributed by atoms with van der Waals surface area (Å²) in [6, 6.07) is 6.08. The average Bonchev–Trinajstić information content (AvgIpc) is 3.48. The molecule has 0 unspecified atom stereocenters. The van der Waals surface area contributed by atoms with Crippen LogP contribution in [0.4, 0.5) is 14.6 Å². The van der Waals surface area contributed by atoms with Crippen LogP contribution >= 0.6 is 0 Å². The summed E-state index contributed by atoms with van der Waals surface area (Å²) in [5.74, 6) is -3.36. The zero-order chi connectivity index (χ0) is 26.9. The minimum Gasteiger partial charge on any atom is -0.342 e. The number of nitrogens with one attached hydrogen (secondary N) is 2. The van der Waals surface area contributed by atoms with E-state index in [-0.39, 0.29) is 30.5 Å². The molecule has 38 heavy (non-hydrogen) atoms. The largest absolute Gasteiger partial charge is 0.342 e. The fourth-order valence-electron chi connectivity index (χ4n) is 6.40. The van der Waals surface area contributed by atoms with Gasteiger partial charge in [0.15, 0.2) is 9.84 Å². The van der Waals surface area contributed by atoms with Crippen molar-refractivity contribution in [2.24, 2.45) is 11.8 Å². The van der Waals surface area contributed by atoms with Gasteiger partial charge in [0.25, 0.3) is 5.91 Å². The van der Waals surface area contributed by atoms with Gasteiger partial charge in [-0.1, -0.05) is 31.0 Å². The fraction of sp³-hybridized carbons (Fsp3) is 0.593.